The molecule has 2 aliphatic carbocycles. The molecule has 2 aromatic heterocycles. The number of aromatic nitrogens is 2. The first-order valence-corrected chi connectivity index (χ1v) is 39.7. The first-order chi connectivity index (χ1) is 51.9. The highest BCUT2D eigenvalue weighted by Crippen LogP contribution is 2.54. The van der Waals surface area contributed by atoms with Gasteiger partial charge in [-0.15, -0.1) is 0 Å². The van der Waals surface area contributed by atoms with Gasteiger partial charge in [-0.1, -0.05) is 288 Å². The minimum Gasteiger partial charge on any atom is -0.311 e. The zero-order chi connectivity index (χ0) is 75.5. The first kappa shape index (κ1) is 68.6. The SMILES string of the molecule is CC(C)(C)c1cccc(-c2ccc3c(c2)N(c2ccc(-c4ccc5c(c4)C(C)(C)CC5(C)C)cc2)c2cc(-n4c5ccc(C(C)(C)C)cc5c5cc(C(C)(C)C)ccc54)cc4c2B3c2ccc(-n3c5ccccc5c5cc(-c6ccccc6)ccc53)cc2N4c2ccc(-c3ccc4c(c3)C(C)(C)CC4(C)C)cc2)c1. The van der Waals surface area contributed by atoms with Gasteiger partial charge in [-0.25, -0.2) is 0 Å². The second-order valence-corrected chi connectivity index (χ2v) is 38.1. The number of nitrogens with zero attached hydrogens (tertiary/aromatic N) is 4. The van der Waals surface area contributed by atoms with E-state index in [1.807, 2.05) is 0 Å². The maximum atomic E-state index is 2.65. The maximum absolute atomic E-state index is 2.65. The smallest absolute Gasteiger partial charge is 0.252 e. The molecule has 19 rings (SSSR count). The van der Waals surface area contributed by atoms with E-state index in [-0.39, 0.29) is 44.6 Å². The van der Waals surface area contributed by atoms with Crippen molar-refractivity contribution < 1.29 is 0 Å². The quantitative estimate of drug-likeness (QED) is 0.141. The summed E-state index contributed by atoms with van der Waals surface area (Å²) in [5, 5.41) is 4.99. The second-order valence-electron chi connectivity index (χ2n) is 38.1. The van der Waals surface area contributed by atoms with Crippen LogP contribution < -0.4 is 26.2 Å². The Morgan fingerprint density at radius 3 is 1.17 bits per heavy atom. The van der Waals surface area contributed by atoms with Crippen LogP contribution in [0.25, 0.3) is 99.5 Å². The maximum Gasteiger partial charge on any atom is 0.252 e. The summed E-state index contributed by atoms with van der Waals surface area (Å²) in [5.74, 6) is 0. The highest BCUT2D eigenvalue weighted by atomic mass is 15.2. The predicted octanol–water partition coefficient (Wildman–Crippen LogP) is 26.4. The van der Waals surface area contributed by atoms with Gasteiger partial charge < -0.3 is 18.9 Å². The summed E-state index contributed by atoms with van der Waals surface area (Å²) in [6.45, 7) is 40.3. The van der Waals surface area contributed by atoms with Crippen molar-refractivity contribution in [2.45, 2.75) is 168 Å². The molecule has 0 bridgehead atoms. The third-order valence-electron chi connectivity index (χ3n) is 25.5. The molecule has 0 saturated heterocycles. The molecule has 4 heterocycles. The second kappa shape index (κ2) is 23.8. The Kier molecular flexibility index (Phi) is 15.0. The van der Waals surface area contributed by atoms with Gasteiger partial charge >= 0.3 is 0 Å². The van der Waals surface area contributed by atoms with Crippen LogP contribution in [0.3, 0.4) is 0 Å². The van der Waals surface area contributed by atoms with Crippen LogP contribution in [0.1, 0.15) is 169 Å². The fourth-order valence-corrected chi connectivity index (χ4v) is 20.4. The van der Waals surface area contributed by atoms with Gasteiger partial charge in [0.25, 0.3) is 6.71 Å². The molecule has 0 fully saturated rings. The molecular formula is C104H99BN4. The molecule has 0 N–H and O–H groups in total. The van der Waals surface area contributed by atoms with E-state index in [1.54, 1.807) is 0 Å². The average Bonchev–Trinajstić information content (AvgIpc) is 1.54. The van der Waals surface area contributed by atoms with Crippen molar-refractivity contribution in [2.75, 3.05) is 9.80 Å². The lowest BCUT2D eigenvalue weighted by molar-refractivity contribution is 0.402. The van der Waals surface area contributed by atoms with Crippen LogP contribution in [0, 0.1) is 0 Å². The van der Waals surface area contributed by atoms with Gasteiger partial charge in [0.2, 0.25) is 0 Å². The van der Waals surface area contributed by atoms with Crippen molar-refractivity contribution in [3.05, 3.63) is 306 Å². The monoisotopic (exact) mass is 1410 g/mol. The number of fused-ring (bicyclic) bond motifs is 12. The normalized spacial score (nSPS) is 15.9. The summed E-state index contributed by atoms with van der Waals surface area (Å²) in [4.78, 5) is 5.29. The minimum absolute atomic E-state index is 0.0403. The van der Waals surface area contributed by atoms with E-state index in [0.29, 0.717) is 0 Å². The summed E-state index contributed by atoms with van der Waals surface area (Å²) >= 11 is 0. The number of hydrogen-bond donors (Lipinski definition) is 0. The fraction of sp³-hybridized carbons (Fsp3) is 0.250. The Labute approximate surface area is 645 Å². The van der Waals surface area contributed by atoms with Crippen molar-refractivity contribution in [3.63, 3.8) is 0 Å². The lowest BCUT2D eigenvalue weighted by Crippen LogP contribution is -2.61. The van der Waals surface area contributed by atoms with Crippen molar-refractivity contribution in [1.29, 1.82) is 0 Å². The van der Waals surface area contributed by atoms with Gasteiger partial charge in [0.05, 0.1) is 27.8 Å². The summed E-state index contributed by atoms with van der Waals surface area (Å²) in [5.41, 5.74) is 37.3. The molecule has 109 heavy (non-hydrogen) atoms. The molecule has 538 valence electrons. The Morgan fingerprint density at radius 2 is 0.624 bits per heavy atom. The molecule has 5 heteroatoms. The van der Waals surface area contributed by atoms with Crippen molar-refractivity contribution in [1.82, 2.24) is 9.13 Å². The van der Waals surface area contributed by atoms with Gasteiger partial charge in [0, 0.05) is 61.4 Å². The van der Waals surface area contributed by atoms with Crippen molar-refractivity contribution in [2.24, 2.45) is 0 Å². The average molecular weight is 1420 g/mol. The zero-order valence-electron chi connectivity index (χ0n) is 66.7. The van der Waals surface area contributed by atoms with Crippen molar-refractivity contribution in [3.8, 4) is 55.9 Å². The molecule has 0 spiro atoms. The molecule has 2 aliphatic heterocycles. The molecule has 0 radical (unpaired) electrons. The number of rotatable bonds is 8. The standard InChI is InChI=1S/C104H99BN4/c1-98(2,3)72-27-23-26-67(52-72)71-36-47-87-93(56-71)106(75-40-30-65(31-41-75)69-34-45-83-85(54-69)103(14,15)62-101(83,10)11)95-60-78(109-91-50-38-73(99(4,5)6)57-81(91)82-58-74(100(7,8)9)39-51-92(82)109)61-96-97(95)105(87)88-48-44-77(108-89-29-22-21-28-79(89)80-53-68(37-49-90(80)108)64-24-19-18-20-25-64)59-94(88)107(96)76-42-32-66(33-43-76)70-35-46-84-86(55-70)104(16,17)63-102(84,12)13/h18-61H,62-63H2,1-17H3. The van der Waals surface area contributed by atoms with Gasteiger partial charge in [-0.05, 0) is 248 Å². The summed E-state index contributed by atoms with van der Waals surface area (Å²) in [6.07, 6.45) is 2.25. The van der Waals surface area contributed by atoms with Gasteiger partial charge in [-0.3, -0.25) is 0 Å². The first-order valence-electron chi connectivity index (χ1n) is 39.7. The van der Waals surface area contributed by atoms with E-state index in [4.69, 9.17) is 0 Å². The number of benzene rings is 13. The Morgan fingerprint density at radius 1 is 0.257 bits per heavy atom. The molecular weight excluding hydrogens is 1320 g/mol. The minimum atomic E-state index is -0.175. The van der Waals surface area contributed by atoms with Crippen LogP contribution >= 0.6 is 0 Å². The number of hydrogen-bond acceptors (Lipinski definition) is 2. The van der Waals surface area contributed by atoms with E-state index < -0.39 is 0 Å². The largest absolute Gasteiger partial charge is 0.311 e. The summed E-state index contributed by atoms with van der Waals surface area (Å²) in [7, 11) is 0. The highest BCUT2D eigenvalue weighted by molar-refractivity contribution is 7.00. The van der Waals surface area contributed by atoms with E-state index in [1.165, 1.54) is 149 Å². The fourth-order valence-electron chi connectivity index (χ4n) is 20.4. The molecule has 0 amide bonds. The Balaban J connectivity index is 0.905. The lowest BCUT2D eigenvalue weighted by Gasteiger charge is -2.44. The molecule has 0 saturated carbocycles. The van der Waals surface area contributed by atoms with E-state index in [0.717, 1.165) is 52.7 Å². The molecule has 4 aliphatic rings. The predicted molar refractivity (Wildman–Crippen MR) is 468 cm³/mol. The van der Waals surface area contributed by atoms with E-state index in [2.05, 4.69) is 404 Å². The lowest BCUT2D eigenvalue weighted by atomic mass is 9.33. The number of anilines is 6. The molecule has 15 aromatic rings. The molecule has 0 unspecified atom stereocenters. The van der Waals surface area contributed by atoms with Crippen molar-refractivity contribution >= 4 is 101 Å². The summed E-state index contributed by atoms with van der Waals surface area (Å²) < 4.78 is 5.12. The Bertz CT molecular complexity index is 6210. The van der Waals surface area contributed by atoms with Crippen LogP contribution in [0.15, 0.2) is 267 Å². The topological polar surface area (TPSA) is 16.3 Å². The van der Waals surface area contributed by atoms with Crippen LogP contribution in [0.2, 0.25) is 0 Å². The molecule has 13 aromatic carbocycles. The third-order valence-corrected chi connectivity index (χ3v) is 25.5. The van der Waals surface area contributed by atoms with Gasteiger partial charge in [0.15, 0.2) is 0 Å². The third kappa shape index (κ3) is 11.0. The Hall–Kier alpha value is -10.9. The molecule has 4 nitrogen and oxygen atoms in total. The van der Waals surface area contributed by atoms with Crippen LogP contribution in [-0.2, 0) is 37.9 Å². The van der Waals surface area contributed by atoms with Crippen LogP contribution in [0.5, 0.6) is 0 Å². The van der Waals surface area contributed by atoms with Gasteiger partial charge in [0.1, 0.15) is 0 Å². The zero-order valence-corrected chi connectivity index (χ0v) is 66.7. The van der Waals surface area contributed by atoms with Crippen LogP contribution in [0.4, 0.5) is 34.1 Å². The number of para-hydroxylation sites is 1. The summed E-state index contributed by atoms with van der Waals surface area (Å²) in [6, 6.07) is 105. The highest BCUT2D eigenvalue weighted by Gasteiger charge is 2.47. The van der Waals surface area contributed by atoms with Crippen LogP contribution in [-0.4, -0.2) is 15.8 Å². The van der Waals surface area contributed by atoms with E-state index in [9.17, 15) is 0 Å². The van der Waals surface area contributed by atoms with Gasteiger partial charge in [-0.2, -0.15) is 0 Å². The van der Waals surface area contributed by atoms with E-state index >= 15 is 0 Å². The molecule has 0 atom stereocenters.